The van der Waals surface area contributed by atoms with E-state index in [0.29, 0.717) is 5.02 Å². The summed E-state index contributed by atoms with van der Waals surface area (Å²) < 4.78 is 0. The molecule has 0 saturated carbocycles. The topological polar surface area (TPSA) is 77.8 Å². The molecule has 5 nitrogen and oxygen atoms in total. The van der Waals surface area contributed by atoms with Crippen LogP contribution in [-0.4, -0.2) is 9.97 Å². The van der Waals surface area contributed by atoms with Crippen molar-refractivity contribution in [2.24, 2.45) is 0 Å². The van der Waals surface area contributed by atoms with Crippen molar-refractivity contribution in [3.63, 3.8) is 0 Å². The van der Waals surface area contributed by atoms with Crippen LogP contribution in [0.3, 0.4) is 0 Å². The highest BCUT2D eigenvalue weighted by atomic mass is 35.5. The van der Waals surface area contributed by atoms with E-state index in [1.807, 2.05) is 6.92 Å². The Bertz CT molecular complexity index is 660. The summed E-state index contributed by atoms with van der Waals surface area (Å²) in [5, 5.41) is 3.52. The van der Waals surface area contributed by atoms with E-state index < -0.39 is 11.2 Å². The van der Waals surface area contributed by atoms with Crippen LogP contribution in [0.4, 0.5) is 11.4 Å². The Morgan fingerprint density at radius 1 is 1.24 bits per heavy atom. The lowest BCUT2D eigenvalue weighted by Crippen LogP contribution is -2.23. The quantitative estimate of drug-likeness (QED) is 0.761. The van der Waals surface area contributed by atoms with E-state index >= 15 is 0 Å². The van der Waals surface area contributed by atoms with E-state index in [2.05, 4.69) is 15.3 Å². The van der Waals surface area contributed by atoms with Crippen LogP contribution >= 0.6 is 11.6 Å². The molecular formula is C11H10ClN3O2. The average molecular weight is 252 g/mol. The number of nitrogens with one attached hydrogen (secondary N) is 3. The predicted molar refractivity (Wildman–Crippen MR) is 67.2 cm³/mol. The van der Waals surface area contributed by atoms with Gasteiger partial charge in [-0.2, -0.15) is 0 Å². The number of aromatic nitrogens is 2. The zero-order valence-corrected chi connectivity index (χ0v) is 9.76. The van der Waals surface area contributed by atoms with Gasteiger partial charge in [-0.1, -0.05) is 17.7 Å². The molecule has 0 radical (unpaired) electrons. The second-order valence-electron chi connectivity index (χ2n) is 3.52. The van der Waals surface area contributed by atoms with Crippen molar-refractivity contribution in [2.75, 3.05) is 5.32 Å². The molecule has 0 aliphatic rings. The van der Waals surface area contributed by atoms with E-state index in [1.165, 1.54) is 6.20 Å². The van der Waals surface area contributed by atoms with Gasteiger partial charge in [-0.3, -0.25) is 9.78 Å². The maximum atomic E-state index is 11.5. The number of H-pyrrole nitrogens is 2. The van der Waals surface area contributed by atoms with Crippen LogP contribution in [0.25, 0.3) is 0 Å². The Kier molecular flexibility index (Phi) is 3.01. The normalized spacial score (nSPS) is 10.2. The summed E-state index contributed by atoms with van der Waals surface area (Å²) >= 11 is 5.96. The monoisotopic (exact) mass is 251 g/mol. The minimum Gasteiger partial charge on any atom is -0.350 e. The maximum Gasteiger partial charge on any atom is 0.325 e. The minimum absolute atomic E-state index is 0.259. The van der Waals surface area contributed by atoms with Crippen LogP contribution in [0.1, 0.15) is 5.56 Å². The molecule has 0 unspecified atom stereocenters. The second-order valence-corrected chi connectivity index (χ2v) is 3.93. The number of hydrogen-bond acceptors (Lipinski definition) is 3. The molecule has 88 valence electrons. The lowest BCUT2D eigenvalue weighted by atomic mass is 10.2. The van der Waals surface area contributed by atoms with Gasteiger partial charge in [0, 0.05) is 16.9 Å². The fourth-order valence-electron chi connectivity index (χ4n) is 1.39. The van der Waals surface area contributed by atoms with Crippen molar-refractivity contribution in [1.82, 2.24) is 9.97 Å². The van der Waals surface area contributed by atoms with Gasteiger partial charge in [0.05, 0.1) is 0 Å². The number of hydrogen-bond donors (Lipinski definition) is 3. The fourth-order valence-corrected chi connectivity index (χ4v) is 1.57. The second kappa shape index (κ2) is 4.47. The summed E-state index contributed by atoms with van der Waals surface area (Å²) in [4.78, 5) is 26.8. The molecule has 0 atom stereocenters. The molecule has 2 rings (SSSR count). The van der Waals surface area contributed by atoms with Crippen LogP contribution in [-0.2, 0) is 0 Å². The molecule has 0 bridgehead atoms. The first kappa shape index (κ1) is 11.5. The summed E-state index contributed by atoms with van der Waals surface area (Å²) in [6.45, 7) is 1.84. The molecule has 2 aromatic rings. The molecule has 1 aromatic heterocycles. The first-order valence-electron chi connectivity index (χ1n) is 4.92. The number of rotatable bonds is 2. The van der Waals surface area contributed by atoms with Crippen molar-refractivity contribution in [3.8, 4) is 0 Å². The highest BCUT2D eigenvalue weighted by Gasteiger charge is 2.05. The molecule has 0 aliphatic carbocycles. The highest BCUT2D eigenvalue weighted by Crippen LogP contribution is 2.24. The van der Waals surface area contributed by atoms with Gasteiger partial charge < -0.3 is 10.3 Å². The Labute approximate surface area is 101 Å². The van der Waals surface area contributed by atoms with Gasteiger partial charge in [0.2, 0.25) is 0 Å². The standard InChI is InChI=1S/C11H10ClN3O2/c1-6-7(12)3-2-4-8(6)14-9-5-13-11(17)15-10(9)16/h2-5,14H,1H3,(H2,13,15,16,17). The Morgan fingerprint density at radius 2 is 2.00 bits per heavy atom. The molecule has 0 fully saturated rings. The smallest absolute Gasteiger partial charge is 0.325 e. The summed E-state index contributed by atoms with van der Waals surface area (Å²) in [5.74, 6) is 0. The number of aromatic amines is 2. The Balaban J connectivity index is 2.42. The van der Waals surface area contributed by atoms with Gasteiger partial charge in [-0.15, -0.1) is 0 Å². The Morgan fingerprint density at radius 3 is 2.71 bits per heavy atom. The lowest BCUT2D eigenvalue weighted by Gasteiger charge is -2.09. The summed E-state index contributed by atoms with van der Waals surface area (Å²) in [6, 6.07) is 5.34. The molecule has 1 aromatic carbocycles. The van der Waals surface area contributed by atoms with E-state index in [1.54, 1.807) is 18.2 Å². The maximum absolute atomic E-state index is 11.5. The van der Waals surface area contributed by atoms with Crippen LogP contribution < -0.4 is 16.6 Å². The fraction of sp³-hybridized carbons (Fsp3) is 0.0909. The molecule has 17 heavy (non-hydrogen) atoms. The molecule has 0 saturated heterocycles. The predicted octanol–water partition coefficient (Wildman–Crippen LogP) is 1.77. The van der Waals surface area contributed by atoms with Crippen molar-refractivity contribution in [2.45, 2.75) is 6.92 Å². The number of anilines is 2. The van der Waals surface area contributed by atoms with E-state index in [9.17, 15) is 9.59 Å². The van der Waals surface area contributed by atoms with Gasteiger partial charge in [0.1, 0.15) is 5.69 Å². The van der Waals surface area contributed by atoms with E-state index in [-0.39, 0.29) is 5.69 Å². The first-order chi connectivity index (χ1) is 8.08. The molecule has 1 heterocycles. The SMILES string of the molecule is Cc1c(Cl)cccc1Nc1c[nH]c(=O)[nH]c1=O. The highest BCUT2D eigenvalue weighted by molar-refractivity contribution is 6.31. The average Bonchev–Trinajstić information content (AvgIpc) is 2.28. The molecule has 0 spiro atoms. The molecule has 6 heteroatoms. The van der Waals surface area contributed by atoms with Crippen LogP contribution in [0.2, 0.25) is 5.02 Å². The molecule has 3 N–H and O–H groups in total. The van der Waals surface area contributed by atoms with Crippen LogP contribution in [0.5, 0.6) is 0 Å². The van der Waals surface area contributed by atoms with Crippen molar-refractivity contribution in [1.29, 1.82) is 0 Å². The first-order valence-corrected chi connectivity index (χ1v) is 5.30. The van der Waals surface area contributed by atoms with E-state index in [4.69, 9.17) is 11.6 Å². The van der Waals surface area contributed by atoms with Crippen molar-refractivity contribution in [3.05, 3.63) is 55.8 Å². The van der Waals surface area contributed by atoms with Crippen LogP contribution in [0.15, 0.2) is 34.0 Å². The molecule has 0 aliphatic heterocycles. The third-order valence-electron chi connectivity index (χ3n) is 2.36. The summed E-state index contributed by atoms with van der Waals surface area (Å²) in [7, 11) is 0. The van der Waals surface area contributed by atoms with Gasteiger partial charge >= 0.3 is 5.69 Å². The largest absolute Gasteiger partial charge is 0.350 e. The number of halogens is 1. The summed E-state index contributed by atoms with van der Waals surface area (Å²) in [5.41, 5.74) is 0.793. The van der Waals surface area contributed by atoms with E-state index in [0.717, 1.165) is 11.3 Å². The number of benzene rings is 1. The van der Waals surface area contributed by atoms with Crippen molar-refractivity contribution < 1.29 is 0 Å². The van der Waals surface area contributed by atoms with Crippen LogP contribution in [0, 0.1) is 6.92 Å². The van der Waals surface area contributed by atoms with Gasteiger partial charge in [0.15, 0.2) is 0 Å². The van der Waals surface area contributed by atoms with Gasteiger partial charge in [0.25, 0.3) is 5.56 Å². The van der Waals surface area contributed by atoms with Gasteiger partial charge in [-0.25, -0.2) is 4.79 Å². The molecule has 0 amide bonds. The minimum atomic E-state index is -0.539. The van der Waals surface area contributed by atoms with Gasteiger partial charge in [-0.05, 0) is 24.6 Å². The van der Waals surface area contributed by atoms with Crippen molar-refractivity contribution >= 4 is 23.0 Å². The zero-order chi connectivity index (χ0) is 12.4. The Hall–Kier alpha value is -2.01. The zero-order valence-electron chi connectivity index (χ0n) is 9.00. The lowest BCUT2D eigenvalue weighted by molar-refractivity contribution is 1.04. The third-order valence-corrected chi connectivity index (χ3v) is 2.77. The third kappa shape index (κ3) is 2.39. The summed E-state index contributed by atoms with van der Waals surface area (Å²) in [6.07, 6.45) is 1.32. The molecular weight excluding hydrogens is 242 g/mol.